The molecule has 0 bridgehead atoms. The predicted octanol–water partition coefficient (Wildman–Crippen LogP) is 5.06. The van der Waals surface area contributed by atoms with E-state index in [2.05, 4.69) is 32.8 Å². The normalized spacial score (nSPS) is 13.6. The van der Waals surface area contributed by atoms with E-state index in [-0.39, 0.29) is 12.1 Å². The Labute approximate surface area is 228 Å². The van der Waals surface area contributed by atoms with Gasteiger partial charge >= 0.3 is 0 Å². The molecule has 4 aromatic rings. The summed E-state index contributed by atoms with van der Waals surface area (Å²) in [7, 11) is 1.71. The molecule has 0 N–H and O–H groups in total. The van der Waals surface area contributed by atoms with Gasteiger partial charge in [-0.1, -0.05) is 78.0 Å². The number of para-hydroxylation sites is 2. The van der Waals surface area contributed by atoms with Crippen LogP contribution in [-0.4, -0.2) is 54.5 Å². The Kier molecular flexibility index (Phi) is 8.08. The minimum Gasteiger partial charge on any atom is -0.495 e. The van der Waals surface area contributed by atoms with Gasteiger partial charge in [0, 0.05) is 36.8 Å². The van der Waals surface area contributed by atoms with Gasteiger partial charge in [0.15, 0.2) is 0 Å². The first-order valence-corrected chi connectivity index (χ1v) is 13.0. The summed E-state index contributed by atoms with van der Waals surface area (Å²) in [6, 6.07) is 27.1. The molecular weight excluding hydrogens is 496 g/mol. The van der Waals surface area contributed by atoms with Crippen molar-refractivity contribution in [2.75, 3.05) is 44.7 Å². The number of hydrogen-bond acceptors (Lipinski definition) is 5. The molecule has 2 heterocycles. The fraction of sp³-hybridized carbons (Fsp3) is 0.226. The molecule has 0 amide bonds. The van der Waals surface area contributed by atoms with Crippen molar-refractivity contribution in [3.8, 4) is 40.0 Å². The molecule has 0 radical (unpaired) electrons. The molecule has 0 aliphatic carbocycles. The van der Waals surface area contributed by atoms with Crippen LogP contribution in [0, 0.1) is 11.8 Å². The minimum absolute atomic E-state index is 0.159. The monoisotopic (exact) mass is 524 g/mol. The van der Waals surface area contributed by atoms with Gasteiger partial charge in [0.05, 0.1) is 30.6 Å². The maximum Gasteiger partial charge on any atom is 0.275 e. The number of piperazine rings is 1. The van der Waals surface area contributed by atoms with Crippen LogP contribution >= 0.6 is 11.6 Å². The number of rotatable bonds is 6. The largest absolute Gasteiger partial charge is 0.495 e. The molecule has 1 saturated heterocycles. The number of nitrogens with zero attached hydrogens (tertiary/aromatic N) is 4. The van der Waals surface area contributed by atoms with Crippen molar-refractivity contribution in [1.82, 2.24) is 14.7 Å². The molecule has 1 aliphatic heterocycles. The third-order valence-corrected chi connectivity index (χ3v) is 6.91. The van der Waals surface area contributed by atoms with E-state index in [1.54, 1.807) is 7.11 Å². The van der Waals surface area contributed by atoms with Crippen LogP contribution in [0.4, 0.5) is 5.69 Å². The van der Waals surface area contributed by atoms with Crippen molar-refractivity contribution in [3.05, 3.63) is 100 Å². The summed E-state index contributed by atoms with van der Waals surface area (Å²) in [5.74, 6) is 7.32. The van der Waals surface area contributed by atoms with Crippen molar-refractivity contribution in [1.29, 1.82) is 0 Å². The van der Waals surface area contributed by atoms with E-state index in [1.807, 2.05) is 78.9 Å². The molecule has 38 heavy (non-hydrogen) atoms. The molecule has 0 unspecified atom stereocenters. The molecule has 1 aromatic heterocycles. The first kappa shape index (κ1) is 25.6. The molecule has 1 fully saturated rings. The molecule has 0 spiro atoms. The summed E-state index contributed by atoms with van der Waals surface area (Å²) in [6.07, 6.45) is 0. The highest BCUT2D eigenvalue weighted by Crippen LogP contribution is 2.28. The number of ether oxygens (including phenoxy) is 1. The van der Waals surface area contributed by atoms with E-state index in [0.717, 1.165) is 48.7 Å². The van der Waals surface area contributed by atoms with E-state index in [1.165, 1.54) is 4.68 Å². The minimum atomic E-state index is -0.159. The fourth-order valence-corrected chi connectivity index (χ4v) is 4.70. The lowest BCUT2D eigenvalue weighted by Crippen LogP contribution is -2.46. The van der Waals surface area contributed by atoms with Crippen molar-refractivity contribution >= 4 is 17.3 Å². The summed E-state index contributed by atoms with van der Waals surface area (Å²) in [5, 5.41) is 5.28. The Balaban J connectivity index is 1.29. The second kappa shape index (κ2) is 12.0. The van der Waals surface area contributed by atoms with Crippen LogP contribution in [0.1, 0.15) is 0 Å². The van der Waals surface area contributed by atoms with Gasteiger partial charge in [-0.05, 0) is 35.9 Å². The third kappa shape index (κ3) is 5.91. The topological polar surface area (TPSA) is 50.6 Å². The average molecular weight is 525 g/mol. The van der Waals surface area contributed by atoms with Gasteiger partial charge in [0.25, 0.3) is 5.56 Å². The van der Waals surface area contributed by atoms with Gasteiger partial charge in [-0.2, -0.15) is 5.10 Å². The van der Waals surface area contributed by atoms with Crippen molar-refractivity contribution in [2.24, 2.45) is 0 Å². The van der Waals surface area contributed by atoms with E-state index in [4.69, 9.17) is 16.3 Å². The van der Waals surface area contributed by atoms with Gasteiger partial charge in [-0.15, -0.1) is 0 Å². The standard InChI is InChI=1S/C31H29ClN4O2/c1-38-30-12-6-5-11-29(30)35-21-19-34(20-22-35)17-7-8-18-36-31(37)27(24-9-3-2-4-10-24)23-28(33-36)25-13-15-26(32)16-14-25/h2-6,9-16,23H,17-22H2,1H3. The zero-order chi connectivity index (χ0) is 26.3. The van der Waals surface area contributed by atoms with Crippen molar-refractivity contribution in [2.45, 2.75) is 6.54 Å². The molecular formula is C31H29ClN4O2. The Bertz CT molecular complexity index is 1500. The first-order valence-electron chi connectivity index (χ1n) is 12.6. The maximum absolute atomic E-state index is 13.3. The Morgan fingerprint density at radius 1 is 0.842 bits per heavy atom. The Hall–Kier alpha value is -4.05. The number of anilines is 1. The van der Waals surface area contributed by atoms with E-state index < -0.39 is 0 Å². The summed E-state index contributed by atoms with van der Waals surface area (Å²) in [5.41, 5.74) is 4.01. The van der Waals surface area contributed by atoms with Gasteiger partial charge in [-0.3, -0.25) is 9.69 Å². The van der Waals surface area contributed by atoms with Gasteiger partial charge in [-0.25, -0.2) is 4.68 Å². The fourth-order valence-electron chi connectivity index (χ4n) is 4.57. The van der Waals surface area contributed by atoms with Gasteiger partial charge < -0.3 is 9.64 Å². The van der Waals surface area contributed by atoms with Crippen LogP contribution in [0.25, 0.3) is 22.4 Å². The number of benzene rings is 3. The zero-order valence-electron chi connectivity index (χ0n) is 21.3. The molecule has 0 saturated carbocycles. The van der Waals surface area contributed by atoms with Crippen LogP contribution in [-0.2, 0) is 6.54 Å². The van der Waals surface area contributed by atoms with Crippen molar-refractivity contribution in [3.63, 3.8) is 0 Å². The SMILES string of the molecule is COc1ccccc1N1CCN(CC#CCn2nc(-c3ccc(Cl)cc3)cc(-c3ccccc3)c2=O)CC1. The van der Waals surface area contributed by atoms with E-state index in [0.29, 0.717) is 22.8 Å². The molecule has 0 atom stereocenters. The zero-order valence-corrected chi connectivity index (χ0v) is 22.1. The second-order valence-corrected chi connectivity index (χ2v) is 9.50. The van der Waals surface area contributed by atoms with Gasteiger partial charge in [0.2, 0.25) is 0 Å². The van der Waals surface area contributed by atoms with Crippen LogP contribution in [0.5, 0.6) is 5.75 Å². The third-order valence-electron chi connectivity index (χ3n) is 6.65. The predicted molar refractivity (Wildman–Crippen MR) is 154 cm³/mol. The van der Waals surface area contributed by atoms with Crippen LogP contribution in [0.2, 0.25) is 5.02 Å². The summed E-state index contributed by atoms with van der Waals surface area (Å²) < 4.78 is 6.97. The van der Waals surface area contributed by atoms with Crippen LogP contribution in [0.3, 0.4) is 0 Å². The first-order chi connectivity index (χ1) is 18.6. The highest BCUT2D eigenvalue weighted by Gasteiger charge is 2.18. The van der Waals surface area contributed by atoms with Crippen molar-refractivity contribution < 1.29 is 4.74 Å². The molecule has 7 heteroatoms. The Morgan fingerprint density at radius 2 is 1.53 bits per heavy atom. The van der Waals surface area contributed by atoms with E-state index >= 15 is 0 Å². The van der Waals surface area contributed by atoms with Gasteiger partial charge in [0.1, 0.15) is 12.3 Å². The summed E-state index contributed by atoms with van der Waals surface area (Å²) >= 11 is 6.08. The highest BCUT2D eigenvalue weighted by atomic mass is 35.5. The lowest BCUT2D eigenvalue weighted by molar-refractivity contribution is 0.286. The second-order valence-electron chi connectivity index (χ2n) is 9.07. The summed E-state index contributed by atoms with van der Waals surface area (Å²) in [4.78, 5) is 18.0. The Morgan fingerprint density at radius 3 is 2.26 bits per heavy atom. The number of hydrogen-bond donors (Lipinski definition) is 0. The van der Waals surface area contributed by atoms with Crippen LogP contribution in [0.15, 0.2) is 89.7 Å². The van der Waals surface area contributed by atoms with E-state index in [9.17, 15) is 4.79 Å². The molecule has 3 aromatic carbocycles. The smallest absolute Gasteiger partial charge is 0.275 e. The number of halogens is 1. The average Bonchev–Trinajstić information content (AvgIpc) is 2.97. The molecule has 1 aliphatic rings. The number of methoxy groups -OCH3 is 1. The molecule has 6 nitrogen and oxygen atoms in total. The molecule has 192 valence electrons. The highest BCUT2D eigenvalue weighted by molar-refractivity contribution is 6.30. The lowest BCUT2D eigenvalue weighted by Gasteiger charge is -2.35. The quantitative estimate of drug-likeness (QED) is 0.330. The number of aromatic nitrogens is 2. The van der Waals surface area contributed by atoms with Crippen LogP contribution < -0.4 is 15.2 Å². The maximum atomic E-state index is 13.3. The molecule has 5 rings (SSSR count). The summed E-state index contributed by atoms with van der Waals surface area (Å²) in [6.45, 7) is 4.52. The lowest BCUT2D eigenvalue weighted by atomic mass is 10.0.